The van der Waals surface area contributed by atoms with Gasteiger partial charge >= 0.3 is 0 Å². The Morgan fingerprint density at radius 3 is 2.29 bits per heavy atom. The third kappa shape index (κ3) is 3.27. The first kappa shape index (κ1) is 15.6. The van der Waals surface area contributed by atoms with E-state index >= 15 is 0 Å². The molecule has 4 heteroatoms. The Morgan fingerprint density at radius 2 is 1.76 bits per heavy atom. The normalized spacial score (nSPS) is 12.5. The van der Waals surface area contributed by atoms with Gasteiger partial charge in [-0.2, -0.15) is 0 Å². The second kappa shape index (κ2) is 6.31. The first-order valence-electron chi connectivity index (χ1n) is 7.20. The molecule has 0 amide bonds. The van der Waals surface area contributed by atoms with Gasteiger partial charge in [-0.3, -0.25) is 0 Å². The third-order valence-corrected chi connectivity index (χ3v) is 3.75. The van der Waals surface area contributed by atoms with Gasteiger partial charge in [0.15, 0.2) is 5.82 Å². The second-order valence-electron chi connectivity index (χ2n) is 5.55. The Kier molecular flexibility index (Phi) is 4.68. The summed E-state index contributed by atoms with van der Waals surface area (Å²) in [6, 6.07) is 4.99. The van der Waals surface area contributed by atoms with E-state index in [1.165, 1.54) is 11.6 Å². The summed E-state index contributed by atoms with van der Waals surface area (Å²) in [6.45, 7) is 8.82. The van der Waals surface area contributed by atoms with Crippen LogP contribution in [0.2, 0.25) is 0 Å². The van der Waals surface area contributed by atoms with E-state index in [4.69, 9.17) is 0 Å². The molecule has 0 aliphatic heterocycles. The lowest BCUT2D eigenvalue weighted by molar-refractivity contribution is 0.618. The van der Waals surface area contributed by atoms with Crippen molar-refractivity contribution in [2.24, 2.45) is 0 Å². The molecule has 1 unspecified atom stereocenters. The van der Waals surface area contributed by atoms with Crippen molar-refractivity contribution in [2.45, 2.75) is 33.6 Å². The maximum atomic E-state index is 13.4. The summed E-state index contributed by atoms with van der Waals surface area (Å²) in [5.74, 6) is 0.818. The van der Waals surface area contributed by atoms with Gasteiger partial charge in [-0.15, -0.1) is 0 Å². The van der Waals surface area contributed by atoms with Crippen LogP contribution in [0.5, 0.6) is 0 Å². The van der Waals surface area contributed by atoms with Gasteiger partial charge in [0.25, 0.3) is 0 Å². The molecule has 112 valence electrons. The fourth-order valence-electron chi connectivity index (χ4n) is 2.76. The number of aromatic nitrogens is 2. The van der Waals surface area contributed by atoms with Crippen molar-refractivity contribution in [3.05, 3.63) is 46.5 Å². The van der Waals surface area contributed by atoms with Gasteiger partial charge in [0.2, 0.25) is 0 Å². The van der Waals surface area contributed by atoms with Gasteiger partial charge in [-0.05, 0) is 63.1 Å². The van der Waals surface area contributed by atoms with Gasteiger partial charge < -0.3 is 5.32 Å². The van der Waals surface area contributed by atoms with Crippen molar-refractivity contribution in [1.82, 2.24) is 15.3 Å². The van der Waals surface area contributed by atoms with Crippen LogP contribution in [0.25, 0.3) is 11.4 Å². The van der Waals surface area contributed by atoms with E-state index in [0.717, 1.165) is 23.5 Å². The van der Waals surface area contributed by atoms with E-state index in [9.17, 15) is 4.39 Å². The quantitative estimate of drug-likeness (QED) is 0.934. The highest BCUT2D eigenvalue weighted by molar-refractivity contribution is 5.57. The number of halogens is 1. The van der Waals surface area contributed by atoms with Crippen molar-refractivity contribution < 1.29 is 4.39 Å². The fourth-order valence-corrected chi connectivity index (χ4v) is 2.76. The van der Waals surface area contributed by atoms with Crippen LogP contribution in [0.15, 0.2) is 18.2 Å². The minimum atomic E-state index is -0.202. The molecule has 3 nitrogen and oxygen atoms in total. The monoisotopic (exact) mass is 287 g/mol. The minimum Gasteiger partial charge on any atom is -0.319 e. The van der Waals surface area contributed by atoms with E-state index in [1.807, 2.05) is 20.9 Å². The zero-order valence-corrected chi connectivity index (χ0v) is 13.3. The largest absolute Gasteiger partial charge is 0.319 e. The second-order valence-corrected chi connectivity index (χ2v) is 5.55. The van der Waals surface area contributed by atoms with Gasteiger partial charge in [0.05, 0.1) is 0 Å². The summed E-state index contributed by atoms with van der Waals surface area (Å²) in [6.07, 6.45) is 0. The molecular formula is C17H22FN3. The smallest absolute Gasteiger partial charge is 0.159 e. The van der Waals surface area contributed by atoms with Crippen molar-refractivity contribution >= 4 is 0 Å². The van der Waals surface area contributed by atoms with Crippen LogP contribution in [0.3, 0.4) is 0 Å². The molecule has 1 heterocycles. The summed E-state index contributed by atoms with van der Waals surface area (Å²) in [5.41, 5.74) is 4.63. The zero-order valence-electron chi connectivity index (χ0n) is 13.3. The Labute approximate surface area is 125 Å². The fraction of sp³-hybridized carbons (Fsp3) is 0.412. The Balaban J connectivity index is 2.46. The van der Waals surface area contributed by atoms with E-state index in [2.05, 4.69) is 22.2 Å². The van der Waals surface area contributed by atoms with Crippen molar-refractivity contribution in [3.8, 4) is 11.4 Å². The Hall–Kier alpha value is -1.81. The molecule has 1 aromatic heterocycles. The van der Waals surface area contributed by atoms with E-state index in [-0.39, 0.29) is 5.82 Å². The predicted molar refractivity (Wildman–Crippen MR) is 84.0 cm³/mol. The van der Waals surface area contributed by atoms with Crippen LogP contribution in [-0.2, 0) is 0 Å². The van der Waals surface area contributed by atoms with Crippen molar-refractivity contribution in [1.29, 1.82) is 0 Å². The minimum absolute atomic E-state index is 0.202. The molecule has 0 aliphatic carbocycles. The number of nitrogens with zero attached hydrogens (tertiary/aromatic N) is 2. The molecule has 2 aromatic rings. The summed E-state index contributed by atoms with van der Waals surface area (Å²) in [4.78, 5) is 9.23. The number of hydrogen-bond acceptors (Lipinski definition) is 3. The number of hydrogen-bond donors (Lipinski definition) is 1. The van der Waals surface area contributed by atoms with Crippen LogP contribution in [0, 0.1) is 26.6 Å². The highest BCUT2D eigenvalue weighted by atomic mass is 19.1. The summed E-state index contributed by atoms with van der Waals surface area (Å²) in [7, 11) is 1.94. The third-order valence-electron chi connectivity index (χ3n) is 3.75. The van der Waals surface area contributed by atoms with Crippen molar-refractivity contribution in [2.75, 3.05) is 13.6 Å². The lowest BCUT2D eigenvalue weighted by atomic mass is 9.97. The maximum absolute atomic E-state index is 13.4. The number of benzene rings is 1. The Morgan fingerprint density at radius 1 is 1.14 bits per heavy atom. The van der Waals surface area contributed by atoms with Crippen LogP contribution in [-0.4, -0.2) is 23.6 Å². The van der Waals surface area contributed by atoms with Crippen LogP contribution in [0.4, 0.5) is 4.39 Å². The summed E-state index contributed by atoms with van der Waals surface area (Å²) < 4.78 is 13.4. The van der Waals surface area contributed by atoms with Crippen molar-refractivity contribution in [3.63, 3.8) is 0 Å². The molecule has 1 aromatic carbocycles. The van der Waals surface area contributed by atoms with E-state index in [1.54, 1.807) is 19.1 Å². The molecule has 0 bridgehead atoms. The molecule has 0 radical (unpaired) electrons. The number of likely N-dealkylation sites (N-methyl/N-ethyl adjacent to an activating group) is 1. The molecule has 0 spiro atoms. The van der Waals surface area contributed by atoms with E-state index < -0.39 is 0 Å². The molecule has 2 rings (SSSR count). The maximum Gasteiger partial charge on any atom is 0.159 e. The average molecular weight is 287 g/mol. The van der Waals surface area contributed by atoms with Gasteiger partial charge in [-0.1, -0.05) is 6.92 Å². The van der Waals surface area contributed by atoms with Crippen LogP contribution in [0.1, 0.15) is 35.4 Å². The lowest BCUT2D eigenvalue weighted by Gasteiger charge is -2.17. The zero-order chi connectivity index (χ0) is 15.6. The highest BCUT2D eigenvalue weighted by Gasteiger charge is 2.15. The van der Waals surface area contributed by atoms with E-state index in [0.29, 0.717) is 17.3 Å². The Bertz CT molecular complexity index is 629. The molecule has 1 atom stereocenters. The molecule has 0 fully saturated rings. The summed E-state index contributed by atoms with van der Waals surface area (Å²) >= 11 is 0. The first-order valence-corrected chi connectivity index (χ1v) is 7.20. The predicted octanol–water partition coefficient (Wildman–Crippen LogP) is 3.53. The molecule has 0 saturated carbocycles. The van der Waals surface area contributed by atoms with Crippen LogP contribution < -0.4 is 5.32 Å². The highest BCUT2D eigenvalue weighted by Crippen LogP contribution is 2.25. The van der Waals surface area contributed by atoms with Gasteiger partial charge in [0.1, 0.15) is 5.82 Å². The molecule has 21 heavy (non-hydrogen) atoms. The lowest BCUT2D eigenvalue weighted by Crippen LogP contribution is -2.17. The van der Waals surface area contributed by atoms with Gasteiger partial charge in [-0.25, -0.2) is 14.4 Å². The standard InChI is InChI=1S/C17H22FN3/c1-10-8-14(6-7-15(10)18)17-20-12(3)16(13(4)21-17)11(2)9-19-5/h6-8,11,19H,9H2,1-5H3. The SMILES string of the molecule is CNCC(C)c1c(C)nc(-c2ccc(F)c(C)c2)nc1C. The van der Waals surface area contributed by atoms with Gasteiger partial charge in [0, 0.05) is 23.5 Å². The van der Waals surface area contributed by atoms with Crippen LogP contribution >= 0.6 is 0 Å². The molecule has 0 saturated heterocycles. The topological polar surface area (TPSA) is 37.8 Å². The number of rotatable bonds is 4. The molecule has 1 N–H and O–H groups in total. The number of nitrogens with one attached hydrogen (secondary N) is 1. The molecular weight excluding hydrogens is 265 g/mol. The first-order chi connectivity index (χ1) is 9.93. The molecule has 0 aliphatic rings. The summed E-state index contributed by atoms with van der Waals surface area (Å²) in [5, 5.41) is 3.18. The number of aryl methyl sites for hydroxylation is 3. The average Bonchev–Trinajstić information content (AvgIpc) is 2.41.